The van der Waals surface area contributed by atoms with Gasteiger partial charge in [-0.25, -0.2) is 0 Å². The molecular formula is C16H33NO2S2. The highest BCUT2D eigenvalue weighted by atomic mass is 32.1. The third-order valence-corrected chi connectivity index (χ3v) is 4.26. The Bertz CT molecular complexity index is 252. The molecule has 0 bridgehead atoms. The fourth-order valence-electron chi connectivity index (χ4n) is 2.07. The van der Waals surface area contributed by atoms with Gasteiger partial charge >= 0.3 is 0 Å². The van der Waals surface area contributed by atoms with E-state index in [1.165, 1.54) is 19.3 Å². The average molecular weight is 336 g/mol. The van der Waals surface area contributed by atoms with Crippen LogP contribution in [-0.2, 0) is 9.47 Å². The molecule has 21 heavy (non-hydrogen) atoms. The number of ether oxygens (including phenoxy) is 2. The molecule has 1 N–H and O–H groups in total. The van der Waals surface area contributed by atoms with Crippen LogP contribution in [0, 0.1) is 5.92 Å². The summed E-state index contributed by atoms with van der Waals surface area (Å²) in [4.78, 5) is 1.02. The van der Waals surface area contributed by atoms with Gasteiger partial charge in [0.25, 0.3) is 0 Å². The Labute approximate surface area is 142 Å². The molecule has 0 saturated carbocycles. The summed E-state index contributed by atoms with van der Waals surface area (Å²) >= 11 is 8.93. The molecular weight excluding hydrogens is 302 g/mol. The third kappa shape index (κ3) is 13.7. The van der Waals surface area contributed by atoms with Crippen molar-refractivity contribution in [1.82, 2.24) is 5.32 Å². The number of hydrogen-bond donors (Lipinski definition) is 3. The largest absolute Gasteiger partial charge is 0.378 e. The van der Waals surface area contributed by atoms with Crippen LogP contribution in [0.4, 0.5) is 0 Å². The molecule has 0 rings (SSSR count). The Balaban J connectivity index is 3.38. The van der Waals surface area contributed by atoms with Gasteiger partial charge in [-0.05, 0) is 37.1 Å². The molecule has 0 aromatic rings. The van der Waals surface area contributed by atoms with E-state index in [1.807, 2.05) is 7.05 Å². The van der Waals surface area contributed by atoms with E-state index in [0.29, 0.717) is 31.0 Å². The first-order valence-electron chi connectivity index (χ1n) is 7.97. The normalized spacial score (nSPS) is 14.1. The highest BCUT2D eigenvalue weighted by Gasteiger charge is 2.08. The van der Waals surface area contributed by atoms with Crippen molar-refractivity contribution in [2.24, 2.45) is 5.92 Å². The Hall–Kier alpha value is 0.320. The van der Waals surface area contributed by atoms with Gasteiger partial charge in [0.2, 0.25) is 0 Å². The van der Waals surface area contributed by atoms with Crippen LogP contribution in [0.15, 0.2) is 11.5 Å². The lowest BCUT2D eigenvalue weighted by Gasteiger charge is -2.15. The summed E-state index contributed by atoms with van der Waals surface area (Å²) in [6.45, 7) is 9.75. The van der Waals surface area contributed by atoms with Crippen molar-refractivity contribution in [3.63, 3.8) is 0 Å². The van der Waals surface area contributed by atoms with Crippen LogP contribution in [0.2, 0.25) is 0 Å². The quantitative estimate of drug-likeness (QED) is 0.316. The molecule has 126 valence electrons. The molecule has 0 radical (unpaired) electrons. The molecule has 0 saturated heterocycles. The zero-order valence-corrected chi connectivity index (χ0v) is 15.4. The summed E-state index contributed by atoms with van der Waals surface area (Å²) in [5.74, 6) is 0.553. The number of nitrogens with one attached hydrogen (secondary N) is 1. The Morgan fingerprint density at radius 2 is 1.81 bits per heavy atom. The van der Waals surface area contributed by atoms with Gasteiger partial charge in [0.1, 0.15) is 0 Å². The van der Waals surface area contributed by atoms with E-state index in [1.54, 1.807) is 0 Å². The molecule has 0 aromatic carbocycles. The van der Waals surface area contributed by atoms with Crippen LogP contribution in [0.25, 0.3) is 0 Å². The predicted molar refractivity (Wildman–Crippen MR) is 98.7 cm³/mol. The highest BCUT2D eigenvalue weighted by molar-refractivity contribution is 7.84. The first kappa shape index (κ1) is 21.3. The molecule has 0 aromatic heterocycles. The van der Waals surface area contributed by atoms with Crippen molar-refractivity contribution in [3.05, 3.63) is 11.5 Å². The molecule has 2 unspecified atom stereocenters. The zero-order valence-electron chi connectivity index (χ0n) is 13.6. The van der Waals surface area contributed by atoms with Crippen LogP contribution in [0.3, 0.4) is 0 Å². The summed E-state index contributed by atoms with van der Waals surface area (Å²) in [5, 5.41) is 3.36. The SMILES string of the molecule is C=C(S)C(CC)CCCCC(S)COCCOCCNC. The zero-order chi connectivity index (χ0) is 15.9. The van der Waals surface area contributed by atoms with E-state index in [0.717, 1.165) is 30.9 Å². The summed E-state index contributed by atoms with van der Waals surface area (Å²) in [5.41, 5.74) is 0. The van der Waals surface area contributed by atoms with Gasteiger partial charge in [-0.1, -0.05) is 26.3 Å². The van der Waals surface area contributed by atoms with Crippen molar-refractivity contribution in [2.45, 2.75) is 44.3 Å². The molecule has 5 heteroatoms. The Kier molecular flexibility index (Phi) is 15.5. The summed E-state index contributed by atoms with van der Waals surface area (Å²) in [6.07, 6.45) is 5.80. The third-order valence-electron chi connectivity index (χ3n) is 3.48. The fourth-order valence-corrected chi connectivity index (χ4v) is 2.67. The van der Waals surface area contributed by atoms with E-state index in [9.17, 15) is 0 Å². The van der Waals surface area contributed by atoms with Crippen molar-refractivity contribution in [3.8, 4) is 0 Å². The second-order valence-corrected chi connectivity index (χ2v) is 6.63. The Morgan fingerprint density at radius 3 is 2.43 bits per heavy atom. The van der Waals surface area contributed by atoms with Gasteiger partial charge in [0.15, 0.2) is 0 Å². The minimum absolute atomic E-state index is 0.321. The number of allylic oxidation sites excluding steroid dienone is 1. The number of thiol groups is 2. The monoisotopic (exact) mass is 335 g/mol. The molecule has 0 spiro atoms. The minimum atomic E-state index is 0.321. The van der Waals surface area contributed by atoms with Gasteiger partial charge in [0, 0.05) is 11.8 Å². The van der Waals surface area contributed by atoms with Crippen molar-refractivity contribution >= 4 is 25.3 Å². The van der Waals surface area contributed by atoms with E-state index in [4.69, 9.17) is 9.47 Å². The fraction of sp³-hybridized carbons (Fsp3) is 0.875. The molecule has 0 aliphatic carbocycles. The topological polar surface area (TPSA) is 30.5 Å². The van der Waals surface area contributed by atoms with Crippen LogP contribution in [0.5, 0.6) is 0 Å². The smallest absolute Gasteiger partial charge is 0.0701 e. The first-order chi connectivity index (χ1) is 10.1. The van der Waals surface area contributed by atoms with Gasteiger partial charge in [-0.15, -0.1) is 12.6 Å². The van der Waals surface area contributed by atoms with E-state index in [2.05, 4.69) is 44.1 Å². The predicted octanol–water partition coefficient (Wildman–Crippen LogP) is 3.57. The molecule has 0 aliphatic rings. The molecule has 0 aliphatic heterocycles. The van der Waals surface area contributed by atoms with Crippen molar-refractivity contribution < 1.29 is 9.47 Å². The number of unbranched alkanes of at least 4 members (excludes halogenated alkanes) is 1. The number of hydrogen-bond acceptors (Lipinski definition) is 5. The van der Waals surface area contributed by atoms with Crippen LogP contribution in [-0.4, -0.2) is 45.3 Å². The van der Waals surface area contributed by atoms with Gasteiger partial charge < -0.3 is 14.8 Å². The standard InChI is InChI=1S/C16H33NO2S2/c1-4-15(14(2)20)7-5-6-8-16(21)13-19-12-11-18-10-9-17-3/h15-17,20-21H,2,4-13H2,1,3H3. The van der Waals surface area contributed by atoms with Crippen LogP contribution < -0.4 is 5.32 Å². The van der Waals surface area contributed by atoms with Gasteiger partial charge in [0.05, 0.1) is 26.4 Å². The molecule has 0 heterocycles. The van der Waals surface area contributed by atoms with Gasteiger partial charge in [-0.2, -0.15) is 12.6 Å². The first-order valence-corrected chi connectivity index (χ1v) is 8.94. The number of rotatable bonds is 15. The molecule has 0 amide bonds. The maximum atomic E-state index is 5.57. The maximum absolute atomic E-state index is 5.57. The lowest BCUT2D eigenvalue weighted by Crippen LogP contribution is -2.17. The van der Waals surface area contributed by atoms with E-state index < -0.39 is 0 Å². The minimum Gasteiger partial charge on any atom is -0.378 e. The second kappa shape index (κ2) is 15.2. The summed E-state index contributed by atoms with van der Waals surface area (Å²) in [7, 11) is 1.92. The molecule has 0 fully saturated rings. The van der Waals surface area contributed by atoms with Crippen molar-refractivity contribution in [1.29, 1.82) is 0 Å². The lowest BCUT2D eigenvalue weighted by atomic mass is 9.98. The van der Waals surface area contributed by atoms with Crippen LogP contribution in [0.1, 0.15) is 39.0 Å². The number of likely N-dealkylation sites (N-methyl/N-ethyl adjacent to an activating group) is 1. The van der Waals surface area contributed by atoms with Crippen LogP contribution >= 0.6 is 25.3 Å². The average Bonchev–Trinajstić information content (AvgIpc) is 2.46. The summed E-state index contributed by atoms with van der Waals surface area (Å²) in [6, 6.07) is 0. The highest BCUT2D eigenvalue weighted by Crippen LogP contribution is 2.23. The maximum Gasteiger partial charge on any atom is 0.0701 e. The Morgan fingerprint density at radius 1 is 1.14 bits per heavy atom. The van der Waals surface area contributed by atoms with E-state index in [-0.39, 0.29) is 0 Å². The molecule has 2 atom stereocenters. The molecule has 3 nitrogen and oxygen atoms in total. The van der Waals surface area contributed by atoms with E-state index >= 15 is 0 Å². The lowest BCUT2D eigenvalue weighted by molar-refractivity contribution is 0.0493. The van der Waals surface area contributed by atoms with Crippen molar-refractivity contribution in [2.75, 3.05) is 40.0 Å². The summed E-state index contributed by atoms with van der Waals surface area (Å²) < 4.78 is 11.0. The van der Waals surface area contributed by atoms with Gasteiger partial charge in [-0.3, -0.25) is 0 Å². The second-order valence-electron chi connectivity index (χ2n) is 5.33.